The molecule has 1 aliphatic heterocycles. The summed E-state index contributed by atoms with van der Waals surface area (Å²) < 4.78 is 6.36. The van der Waals surface area contributed by atoms with Gasteiger partial charge in [0.25, 0.3) is 0 Å². The van der Waals surface area contributed by atoms with E-state index in [9.17, 15) is 4.79 Å². The van der Waals surface area contributed by atoms with Crippen molar-refractivity contribution in [3.8, 4) is 0 Å². The molecule has 1 aromatic carbocycles. The minimum absolute atomic E-state index is 0.0515. The summed E-state index contributed by atoms with van der Waals surface area (Å²) in [6, 6.07) is 7.76. The zero-order valence-corrected chi connectivity index (χ0v) is 13.9. The molecule has 2 rings (SSSR count). The molecule has 1 heterocycles. The van der Waals surface area contributed by atoms with E-state index < -0.39 is 6.04 Å². The third kappa shape index (κ3) is 5.09. The van der Waals surface area contributed by atoms with E-state index >= 15 is 0 Å². The van der Waals surface area contributed by atoms with E-state index in [1.165, 1.54) is 5.56 Å². The average Bonchev–Trinajstić information content (AvgIpc) is 2.47. The summed E-state index contributed by atoms with van der Waals surface area (Å²) in [7, 11) is 0. The Morgan fingerprint density at radius 2 is 2.19 bits per heavy atom. The van der Waals surface area contributed by atoms with Gasteiger partial charge in [0.1, 0.15) is 0 Å². The van der Waals surface area contributed by atoms with Crippen molar-refractivity contribution in [2.75, 3.05) is 13.2 Å². The monoisotopic (exact) mass is 354 g/mol. The highest BCUT2D eigenvalue weighted by Gasteiger charge is 2.27. The van der Waals surface area contributed by atoms with Gasteiger partial charge in [-0.05, 0) is 49.8 Å². The predicted molar refractivity (Wildman–Crippen MR) is 87.0 cm³/mol. The highest BCUT2D eigenvalue weighted by molar-refractivity contribution is 9.10. The van der Waals surface area contributed by atoms with Crippen LogP contribution in [0.4, 0.5) is 0 Å². The maximum absolute atomic E-state index is 12.2. The molecule has 21 heavy (non-hydrogen) atoms. The van der Waals surface area contributed by atoms with Crippen LogP contribution in [0.15, 0.2) is 28.7 Å². The van der Waals surface area contributed by atoms with Crippen LogP contribution in [-0.4, -0.2) is 31.2 Å². The molecule has 3 N–H and O–H groups in total. The second-order valence-corrected chi connectivity index (χ2v) is 6.63. The van der Waals surface area contributed by atoms with E-state index in [2.05, 4.69) is 33.4 Å². The van der Waals surface area contributed by atoms with Crippen molar-refractivity contribution in [1.29, 1.82) is 0 Å². The Bertz CT molecular complexity index is 475. The number of ether oxygens (including phenoxy) is 1. The highest BCUT2D eigenvalue weighted by Crippen LogP contribution is 2.18. The zero-order chi connectivity index (χ0) is 15.2. The zero-order valence-electron chi connectivity index (χ0n) is 12.3. The Hall–Kier alpha value is -0.910. The molecule has 2 unspecified atom stereocenters. The first-order valence-electron chi connectivity index (χ1n) is 7.44. The van der Waals surface area contributed by atoms with Crippen LogP contribution in [0.2, 0.25) is 0 Å². The summed E-state index contributed by atoms with van der Waals surface area (Å²) in [4.78, 5) is 12.2. The van der Waals surface area contributed by atoms with Crippen LogP contribution in [0.25, 0.3) is 0 Å². The molecule has 0 bridgehead atoms. The lowest BCUT2D eigenvalue weighted by Gasteiger charge is -2.27. The second kappa shape index (κ2) is 7.92. The fourth-order valence-corrected chi connectivity index (χ4v) is 3.14. The number of nitrogens with one attached hydrogen (secondary N) is 1. The van der Waals surface area contributed by atoms with E-state index in [1.54, 1.807) is 0 Å². The molecule has 1 fully saturated rings. The quantitative estimate of drug-likeness (QED) is 0.852. The molecule has 0 aliphatic carbocycles. The van der Waals surface area contributed by atoms with Crippen molar-refractivity contribution in [3.05, 3.63) is 34.3 Å². The third-order valence-electron chi connectivity index (χ3n) is 3.90. The number of nitrogens with two attached hydrogens (primary N) is 1. The molecule has 0 saturated carbocycles. The number of rotatable bonds is 5. The van der Waals surface area contributed by atoms with Crippen LogP contribution in [0.5, 0.6) is 0 Å². The van der Waals surface area contributed by atoms with Gasteiger partial charge in [0.15, 0.2) is 0 Å². The molecule has 1 saturated heterocycles. The van der Waals surface area contributed by atoms with Crippen LogP contribution >= 0.6 is 15.9 Å². The Kier molecular flexibility index (Phi) is 6.21. The average molecular weight is 355 g/mol. The molecule has 116 valence electrons. The first-order valence-corrected chi connectivity index (χ1v) is 8.23. The number of carbonyl (C=O) groups excluding carboxylic acids is 1. The number of benzene rings is 1. The van der Waals surface area contributed by atoms with Crippen molar-refractivity contribution < 1.29 is 9.53 Å². The molecule has 0 radical (unpaired) electrons. The SMILES string of the molecule is CC(Cc1cccc(Br)c1)NC(=O)C(N)C1CCOCC1. The number of hydrogen-bond donors (Lipinski definition) is 2. The first-order chi connectivity index (χ1) is 10.1. The smallest absolute Gasteiger partial charge is 0.237 e. The van der Waals surface area contributed by atoms with Gasteiger partial charge < -0.3 is 15.8 Å². The van der Waals surface area contributed by atoms with Gasteiger partial charge in [0.05, 0.1) is 6.04 Å². The fraction of sp³-hybridized carbons (Fsp3) is 0.562. The van der Waals surface area contributed by atoms with Crippen molar-refractivity contribution in [2.45, 2.75) is 38.3 Å². The van der Waals surface area contributed by atoms with Gasteiger partial charge in [-0.1, -0.05) is 28.1 Å². The third-order valence-corrected chi connectivity index (χ3v) is 4.39. The Balaban J connectivity index is 1.83. The summed E-state index contributed by atoms with van der Waals surface area (Å²) in [5.74, 6) is 0.182. The number of halogens is 1. The van der Waals surface area contributed by atoms with Gasteiger partial charge in [-0.2, -0.15) is 0 Å². The van der Waals surface area contributed by atoms with Gasteiger partial charge in [-0.25, -0.2) is 0 Å². The van der Waals surface area contributed by atoms with Crippen molar-refractivity contribution >= 4 is 21.8 Å². The predicted octanol–water partition coefficient (Wildman–Crippen LogP) is 2.25. The lowest BCUT2D eigenvalue weighted by molar-refractivity contribution is -0.124. The van der Waals surface area contributed by atoms with E-state index in [1.807, 2.05) is 19.1 Å². The van der Waals surface area contributed by atoms with Crippen molar-refractivity contribution in [3.63, 3.8) is 0 Å². The van der Waals surface area contributed by atoms with Gasteiger partial charge in [-0.3, -0.25) is 4.79 Å². The van der Waals surface area contributed by atoms with Crippen LogP contribution in [0.3, 0.4) is 0 Å². The molecule has 5 heteroatoms. The summed E-state index contributed by atoms with van der Waals surface area (Å²) in [5, 5.41) is 3.02. The number of hydrogen-bond acceptors (Lipinski definition) is 3. The highest BCUT2D eigenvalue weighted by atomic mass is 79.9. The largest absolute Gasteiger partial charge is 0.381 e. The topological polar surface area (TPSA) is 64.4 Å². The van der Waals surface area contributed by atoms with E-state index in [-0.39, 0.29) is 17.9 Å². The minimum atomic E-state index is -0.432. The molecule has 1 aliphatic rings. The Morgan fingerprint density at radius 3 is 2.86 bits per heavy atom. The molecule has 4 nitrogen and oxygen atoms in total. The van der Waals surface area contributed by atoms with E-state index in [0.29, 0.717) is 13.2 Å². The van der Waals surface area contributed by atoms with Gasteiger partial charge in [0.2, 0.25) is 5.91 Å². The second-order valence-electron chi connectivity index (χ2n) is 5.72. The van der Waals surface area contributed by atoms with Crippen LogP contribution in [0, 0.1) is 5.92 Å². The summed E-state index contributed by atoms with van der Waals surface area (Å²) in [5.41, 5.74) is 7.27. The minimum Gasteiger partial charge on any atom is -0.381 e. The van der Waals surface area contributed by atoms with Gasteiger partial charge in [0, 0.05) is 23.7 Å². The van der Waals surface area contributed by atoms with Crippen molar-refractivity contribution in [1.82, 2.24) is 5.32 Å². The maximum atomic E-state index is 12.2. The lowest BCUT2D eigenvalue weighted by Crippen LogP contribution is -2.49. The number of carbonyl (C=O) groups is 1. The maximum Gasteiger partial charge on any atom is 0.237 e. The Morgan fingerprint density at radius 1 is 1.48 bits per heavy atom. The standard InChI is InChI=1S/C16H23BrN2O2/c1-11(9-12-3-2-4-14(17)10-12)19-16(20)15(18)13-5-7-21-8-6-13/h2-4,10-11,13,15H,5-9,18H2,1H3,(H,19,20). The van der Waals surface area contributed by atoms with Gasteiger partial charge >= 0.3 is 0 Å². The molecule has 0 aromatic heterocycles. The van der Waals surface area contributed by atoms with E-state index in [0.717, 1.165) is 23.7 Å². The first kappa shape index (κ1) is 16.5. The van der Waals surface area contributed by atoms with Gasteiger partial charge in [-0.15, -0.1) is 0 Å². The summed E-state index contributed by atoms with van der Waals surface area (Å²) in [6.07, 6.45) is 2.54. The number of amides is 1. The molecular formula is C16H23BrN2O2. The fourth-order valence-electron chi connectivity index (χ4n) is 2.70. The van der Waals surface area contributed by atoms with Crippen molar-refractivity contribution in [2.24, 2.45) is 11.7 Å². The molecule has 0 spiro atoms. The van der Waals surface area contributed by atoms with E-state index in [4.69, 9.17) is 10.5 Å². The molecule has 1 amide bonds. The summed E-state index contributed by atoms with van der Waals surface area (Å²) >= 11 is 3.46. The van der Waals surface area contributed by atoms with Crippen LogP contribution in [-0.2, 0) is 16.0 Å². The normalized spacial score (nSPS) is 19.0. The molecular weight excluding hydrogens is 332 g/mol. The molecule has 2 atom stereocenters. The Labute approximate surface area is 134 Å². The van der Waals surface area contributed by atoms with Crippen LogP contribution < -0.4 is 11.1 Å². The summed E-state index contributed by atoms with van der Waals surface area (Å²) in [6.45, 7) is 3.42. The molecule has 1 aromatic rings. The van der Waals surface area contributed by atoms with Crippen LogP contribution in [0.1, 0.15) is 25.3 Å². The lowest BCUT2D eigenvalue weighted by atomic mass is 9.91.